The number of ether oxygens (including phenoxy) is 1. The summed E-state index contributed by atoms with van der Waals surface area (Å²) in [6, 6.07) is 3.53. The third-order valence-corrected chi connectivity index (χ3v) is 4.31. The highest BCUT2D eigenvalue weighted by Gasteiger charge is 2.63. The minimum atomic E-state index is -4.81. The molecule has 11 heteroatoms. The molecule has 1 atom stereocenters. The van der Waals surface area contributed by atoms with Crippen molar-refractivity contribution < 1.29 is 32.9 Å². The molecule has 0 amide bonds. The van der Waals surface area contributed by atoms with Gasteiger partial charge in [0, 0.05) is 21.3 Å². The molecule has 2 rings (SSSR count). The molecule has 0 spiro atoms. The average Bonchev–Trinajstić information content (AvgIpc) is 2.99. The van der Waals surface area contributed by atoms with E-state index in [-0.39, 0.29) is 39.3 Å². The molecule has 0 aliphatic carbocycles. The number of carbonyl (C=O) groups excluding carboxylic acids is 1. The van der Waals surface area contributed by atoms with E-state index in [0.717, 1.165) is 12.1 Å². The summed E-state index contributed by atoms with van der Waals surface area (Å²) in [6.07, 6.45) is -4.29. The Balaban J connectivity index is 2.31. The summed E-state index contributed by atoms with van der Waals surface area (Å²) in [4.78, 5) is 16.7. The van der Waals surface area contributed by atoms with Crippen LogP contribution in [-0.2, 0) is 20.0 Å². The number of benzene rings is 1. The second-order valence-electron chi connectivity index (χ2n) is 5.93. The van der Waals surface area contributed by atoms with E-state index in [2.05, 4.69) is 5.16 Å². The zero-order valence-corrected chi connectivity index (χ0v) is 16.4. The number of hydrogen-bond donors (Lipinski definition) is 2. The molecule has 6 nitrogen and oxygen atoms in total. The maximum atomic E-state index is 13.9. The summed E-state index contributed by atoms with van der Waals surface area (Å²) in [6.45, 7) is 3.05. The third-order valence-electron chi connectivity index (χ3n) is 3.88. The van der Waals surface area contributed by atoms with Crippen molar-refractivity contribution in [2.24, 2.45) is 5.16 Å². The lowest BCUT2D eigenvalue weighted by atomic mass is 9.89. The normalized spacial score (nSPS) is 19.8. The van der Waals surface area contributed by atoms with Gasteiger partial charge in [-0.15, -0.1) is 0 Å². The van der Waals surface area contributed by atoms with Crippen molar-refractivity contribution >= 4 is 40.7 Å². The number of nitrogens with two attached hydrogens (primary N) is 1. The predicted octanol–water partition coefficient (Wildman–Crippen LogP) is 3.53. The minimum Gasteiger partial charge on any atom is -0.462 e. The van der Waals surface area contributed by atoms with Gasteiger partial charge >= 0.3 is 12.1 Å². The van der Waals surface area contributed by atoms with E-state index in [0.29, 0.717) is 0 Å². The first-order valence-electron chi connectivity index (χ1n) is 8.06. The molecular weight excluding hydrogens is 422 g/mol. The average molecular weight is 439 g/mol. The van der Waals surface area contributed by atoms with E-state index in [1.807, 2.05) is 0 Å². The highest BCUT2D eigenvalue weighted by Crippen LogP contribution is 2.48. The lowest BCUT2D eigenvalue weighted by Crippen LogP contribution is -2.83. The summed E-state index contributed by atoms with van der Waals surface area (Å²) >= 11 is 11.7. The quantitative estimate of drug-likeness (QED) is 0.418. The third kappa shape index (κ3) is 4.65. The number of nitrogens with zero attached hydrogens (tertiary/aromatic N) is 1. The fourth-order valence-electron chi connectivity index (χ4n) is 2.54. The molecule has 0 saturated carbocycles. The standard InChI is InChI=1S/C17H16Cl2F3N3O3/c1-3-27-15(26)13(9(2)23)8-24-14-7-16(28-25-14,17(20,21)22)10-4-11(18)6-12(19)5-10/h4-6,8,23H,3,7H2,1-2H3,(H,24,25)/p+1. The van der Waals surface area contributed by atoms with Gasteiger partial charge in [0.05, 0.1) is 6.61 Å². The summed E-state index contributed by atoms with van der Waals surface area (Å²) in [5.41, 5.74) is -3.24. The minimum absolute atomic E-state index is 0.0241. The summed E-state index contributed by atoms with van der Waals surface area (Å²) in [7, 11) is 0. The number of rotatable bonds is 5. The van der Waals surface area contributed by atoms with Gasteiger partial charge in [-0.05, 0) is 37.2 Å². The molecule has 1 unspecified atom stereocenters. The van der Waals surface area contributed by atoms with Crippen LogP contribution in [0.25, 0.3) is 0 Å². The molecular formula is C17H17Cl2F3N3O3+. The number of amidine groups is 1. The number of hydrogen-bond acceptors (Lipinski definition) is 5. The molecule has 0 aromatic heterocycles. The van der Waals surface area contributed by atoms with Crippen molar-refractivity contribution in [1.29, 1.82) is 5.41 Å². The summed E-state index contributed by atoms with van der Waals surface area (Å²) in [5, 5.41) is 12.4. The molecule has 28 heavy (non-hydrogen) atoms. The van der Waals surface area contributed by atoms with Crippen LogP contribution in [0.5, 0.6) is 0 Å². The lowest BCUT2D eigenvalue weighted by Gasteiger charge is -2.28. The molecule has 1 aliphatic heterocycles. The van der Waals surface area contributed by atoms with Crippen molar-refractivity contribution in [3.05, 3.63) is 45.6 Å². The van der Waals surface area contributed by atoms with Gasteiger partial charge in [0.25, 0.3) is 5.60 Å². The van der Waals surface area contributed by atoms with Crippen LogP contribution in [0.2, 0.25) is 10.0 Å². The van der Waals surface area contributed by atoms with E-state index >= 15 is 0 Å². The Morgan fingerprint density at radius 1 is 1.39 bits per heavy atom. The molecule has 0 radical (unpaired) electrons. The van der Waals surface area contributed by atoms with Crippen molar-refractivity contribution in [1.82, 2.24) is 0 Å². The highest BCUT2D eigenvalue weighted by molar-refractivity contribution is 6.34. The second kappa shape index (κ2) is 8.50. The molecule has 0 saturated heterocycles. The van der Waals surface area contributed by atoms with Gasteiger partial charge < -0.3 is 15.0 Å². The molecule has 1 aromatic rings. The van der Waals surface area contributed by atoms with E-state index < -0.39 is 24.2 Å². The van der Waals surface area contributed by atoms with Crippen molar-refractivity contribution in [2.75, 3.05) is 6.61 Å². The fraction of sp³-hybridized carbons (Fsp3) is 0.353. The largest absolute Gasteiger partial charge is 0.462 e. The Bertz CT molecular complexity index is 836. The zero-order chi connectivity index (χ0) is 21.1. The number of quaternary nitrogens is 1. The molecule has 0 bridgehead atoms. The Hall–Kier alpha value is -2.10. The number of alkyl halides is 3. The molecule has 152 valence electrons. The molecule has 0 fully saturated rings. The summed E-state index contributed by atoms with van der Waals surface area (Å²) in [5.74, 6) is -0.828. The van der Waals surface area contributed by atoms with Gasteiger partial charge in [0.2, 0.25) is 5.84 Å². The predicted molar refractivity (Wildman–Crippen MR) is 97.4 cm³/mol. The SMILES string of the molecule is CCOC(=O)C(=C[NH2+]C1=NOC(c2cc(Cl)cc(Cl)c2)(C(F)(F)F)C1)C(C)=N. The summed E-state index contributed by atoms with van der Waals surface area (Å²) < 4.78 is 46.4. The van der Waals surface area contributed by atoms with Crippen molar-refractivity contribution in [3.8, 4) is 0 Å². The second-order valence-corrected chi connectivity index (χ2v) is 6.80. The zero-order valence-electron chi connectivity index (χ0n) is 14.9. The Morgan fingerprint density at radius 3 is 2.50 bits per heavy atom. The van der Waals surface area contributed by atoms with Crippen LogP contribution in [0, 0.1) is 5.41 Å². The van der Waals surface area contributed by atoms with Crippen LogP contribution in [-0.4, -0.2) is 30.3 Å². The topological polar surface area (TPSA) is 88.3 Å². The van der Waals surface area contributed by atoms with Crippen molar-refractivity contribution in [2.45, 2.75) is 32.0 Å². The lowest BCUT2D eigenvalue weighted by molar-refractivity contribution is -0.465. The van der Waals surface area contributed by atoms with E-state index in [1.54, 1.807) is 6.92 Å². The van der Waals surface area contributed by atoms with Crippen molar-refractivity contribution in [3.63, 3.8) is 0 Å². The molecule has 1 aromatic carbocycles. The monoisotopic (exact) mass is 438 g/mol. The first kappa shape index (κ1) is 22.2. The van der Waals surface area contributed by atoms with Crippen LogP contribution < -0.4 is 5.32 Å². The first-order valence-corrected chi connectivity index (χ1v) is 8.82. The van der Waals surface area contributed by atoms with E-state index in [4.69, 9.17) is 38.2 Å². The van der Waals surface area contributed by atoms with Crippen LogP contribution in [0.4, 0.5) is 13.2 Å². The fourth-order valence-corrected chi connectivity index (χ4v) is 3.06. The van der Waals surface area contributed by atoms with Gasteiger partial charge in [0.15, 0.2) is 0 Å². The number of oxime groups is 1. The Labute approximate surface area is 168 Å². The molecule has 1 aliphatic rings. The van der Waals surface area contributed by atoms with Crippen LogP contribution in [0.1, 0.15) is 25.8 Å². The maximum absolute atomic E-state index is 13.9. The number of carbonyl (C=O) groups is 1. The first-order chi connectivity index (χ1) is 13.0. The van der Waals surface area contributed by atoms with Crippen LogP contribution >= 0.6 is 23.2 Å². The van der Waals surface area contributed by atoms with Crippen LogP contribution in [0.15, 0.2) is 35.1 Å². The Morgan fingerprint density at radius 2 is 2.00 bits per heavy atom. The number of nitrogens with one attached hydrogen (secondary N) is 1. The van der Waals surface area contributed by atoms with Gasteiger partial charge in [-0.3, -0.25) is 5.32 Å². The van der Waals surface area contributed by atoms with Gasteiger partial charge in [-0.25, -0.2) is 4.79 Å². The smallest absolute Gasteiger partial charge is 0.436 e. The maximum Gasteiger partial charge on any atom is 0.436 e. The Kier molecular flexibility index (Phi) is 6.74. The number of esters is 1. The number of halogens is 5. The van der Waals surface area contributed by atoms with Gasteiger partial charge in [-0.2, -0.15) is 13.2 Å². The molecule has 3 N–H and O–H groups in total. The van der Waals surface area contributed by atoms with Crippen LogP contribution in [0.3, 0.4) is 0 Å². The molecule has 1 heterocycles. The van der Waals surface area contributed by atoms with E-state index in [1.165, 1.54) is 24.5 Å². The van der Waals surface area contributed by atoms with E-state index in [9.17, 15) is 18.0 Å². The van der Waals surface area contributed by atoms with Gasteiger partial charge in [-0.1, -0.05) is 23.2 Å². The highest BCUT2D eigenvalue weighted by atomic mass is 35.5. The van der Waals surface area contributed by atoms with Gasteiger partial charge in [0.1, 0.15) is 18.2 Å².